The maximum absolute atomic E-state index is 4.20. The van der Waals surface area contributed by atoms with Gasteiger partial charge in [-0.05, 0) is 26.6 Å². The molecule has 17 heavy (non-hydrogen) atoms. The van der Waals surface area contributed by atoms with Gasteiger partial charge in [0.25, 0.3) is 0 Å². The summed E-state index contributed by atoms with van der Waals surface area (Å²) in [5, 5.41) is 4.32. The highest BCUT2D eigenvalue weighted by molar-refractivity contribution is 7.98. The first kappa shape index (κ1) is 14.3. The maximum Gasteiger partial charge on any atom is 0.130 e. The summed E-state index contributed by atoms with van der Waals surface area (Å²) in [6.45, 7) is 6.39. The second kappa shape index (κ2) is 7.50. The molecule has 0 spiro atoms. The van der Waals surface area contributed by atoms with Gasteiger partial charge in [-0.2, -0.15) is 0 Å². The molecule has 96 valence electrons. The van der Waals surface area contributed by atoms with Crippen LogP contribution in [0.3, 0.4) is 0 Å². The van der Waals surface area contributed by atoms with Gasteiger partial charge in [0.1, 0.15) is 17.2 Å². The van der Waals surface area contributed by atoms with Crippen molar-refractivity contribution >= 4 is 17.6 Å². The van der Waals surface area contributed by atoms with Crippen molar-refractivity contribution in [1.29, 1.82) is 0 Å². The average molecular weight is 254 g/mol. The van der Waals surface area contributed by atoms with Gasteiger partial charge in [-0.1, -0.05) is 6.92 Å². The normalized spacial score (nSPS) is 12.8. The van der Waals surface area contributed by atoms with E-state index >= 15 is 0 Å². The number of nitrogens with zero attached hydrogens (tertiary/aromatic N) is 3. The van der Waals surface area contributed by atoms with Gasteiger partial charge in [-0.25, -0.2) is 9.97 Å². The lowest BCUT2D eigenvalue weighted by atomic mass is 10.2. The molecule has 1 rings (SSSR count). The zero-order valence-electron chi connectivity index (χ0n) is 11.1. The molecule has 1 unspecified atom stereocenters. The Bertz CT molecular complexity index is 332. The van der Waals surface area contributed by atoms with Crippen LogP contribution in [0.15, 0.2) is 17.4 Å². The molecule has 1 atom stereocenters. The molecule has 0 radical (unpaired) electrons. The largest absolute Gasteiger partial charge is 0.369 e. The first-order chi connectivity index (χ1) is 8.17. The SMILES string of the molecule is CCC(C)N(C)CCNc1cc(SC)ncn1. The molecule has 0 amide bonds. The number of aromatic nitrogens is 2. The molecule has 0 fully saturated rings. The smallest absolute Gasteiger partial charge is 0.130 e. The minimum atomic E-state index is 0.629. The average Bonchev–Trinajstić information content (AvgIpc) is 2.37. The van der Waals surface area contributed by atoms with E-state index in [2.05, 4.69) is 41.1 Å². The Labute approximate surface area is 108 Å². The van der Waals surface area contributed by atoms with Gasteiger partial charge in [-0.15, -0.1) is 11.8 Å². The van der Waals surface area contributed by atoms with E-state index in [9.17, 15) is 0 Å². The molecule has 0 saturated heterocycles. The number of hydrogen-bond donors (Lipinski definition) is 1. The van der Waals surface area contributed by atoms with Crippen LogP contribution in [0.5, 0.6) is 0 Å². The Balaban J connectivity index is 2.35. The zero-order valence-corrected chi connectivity index (χ0v) is 11.9. The number of nitrogens with one attached hydrogen (secondary N) is 1. The second-order valence-corrected chi connectivity index (χ2v) is 4.94. The van der Waals surface area contributed by atoms with Crippen LogP contribution >= 0.6 is 11.8 Å². The zero-order chi connectivity index (χ0) is 12.7. The van der Waals surface area contributed by atoms with Crippen molar-refractivity contribution in [3.8, 4) is 0 Å². The van der Waals surface area contributed by atoms with Crippen molar-refractivity contribution in [2.75, 3.05) is 31.7 Å². The number of anilines is 1. The third-order valence-corrected chi connectivity index (χ3v) is 3.61. The number of hydrogen-bond acceptors (Lipinski definition) is 5. The van der Waals surface area contributed by atoms with Gasteiger partial charge in [0.05, 0.1) is 0 Å². The summed E-state index contributed by atoms with van der Waals surface area (Å²) in [6, 6.07) is 2.61. The molecular weight excluding hydrogens is 232 g/mol. The van der Waals surface area contributed by atoms with Crippen molar-refractivity contribution in [3.63, 3.8) is 0 Å². The second-order valence-electron chi connectivity index (χ2n) is 4.11. The van der Waals surface area contributed by atoms with Crippen LogP contribution in [-0.2, 0) is 0 Å². The summed E-state index contributed by atoms with van der Waals surface area (Å²) in [5.41, 5.74) is 0. The first-order valence-corrected chi connectivity index (χ1v) is 7.20. The van der Waals surface area contributed by atoms with Gasteiger partial charge in [0, 0.05) is 25.2 Å². The molecule has 1 aromatic heterocycles. The van der Waals surface area contributed by atoms with Crippen LogP contribution in [0, 0.1) is 0 Å². The minimum absolute atomic E-state index is 0.629. The summed E-state index contributed by atoms with van der Waals surface area (Å²) < 4.78 is 0. The molecule has 0 bridgehead atoms. The van der Waals surface area contributed by atoms with E-state index in [4.69, 9.17) is 0 Å². The minimum Gasteiger partial charge on any atom is -0.369 e. The molecule has 0 aliphatic rings. The van der Waals surface area contributed by atoms with Gasteiger partial charge in [-0.3, -0.25) is 0 Å². The Morgan fingerprint density at radius 2 is 2.24 bits per heavy atom. The highest BCUT2D eigenvalue weighted by atomic mass is 32.2. The first-order valence-electron chi connectivity index (χ1n) is 5.97. The van der Waals surface area contributed by atoms with E-state index in [0.717, 1.165) is 23.9 Å². The quantitative estimate of drug-likeness (QED) is 0.597. The summed E-state index contributed by atoms with van der Waals surface area (Å²) in [4.78, 5) is 10.7. The maximum atomic E-state index is 4.20. The van der Waals surface area contributed by atoms with Crippen LogP contribution < -0.4 is 5.32 Å². The van der Waals surface area contributed by atoms with Gasteiger partial charge in [0.15, 0.2) is 0 Å². The van der Waals surface area contributed by atoms with Gasteiger partial charge in [0.2, 0.25) is 0 Å². The van der Waals surface area contributed by atoms with E-state index in [1.54, 1.807) is 18.1 Å². The molecule has 1 N–H and O–H groups in total. The van der Waals surface area contributed by atoms with Crippen molar-refractivity contribution in [3.05, 3.63) is 12.4 Å². The number of likely N-dealkylation sites (N-methyl/N-ethyl adjacent to an activating group) is 1. The van der Waals surface area contributed by atoms with E-state index in [1.807, 2.05) is 12.3 Å². The van der Waals surface area contributed by atoms with E-state index < -0.39 is 0 Å². The Hall–Kier alpha value is -0.810. The lowest BCUT2D eigenvalue weighted by molar-refractivity contribution is 0.261. The monoisotopic (exact) mass is 254 g/mol. The molecule has 0 aliphatic heterocycles. The van der Waals surface area contributed by atoms with Crippen molar-refractivity contribution in [1.82, 2.24) is 14.9 Å². The fourth-order valence-corrected chi connectivity index (χ4v) is 1.82. The fourth-order valence-electron chi connectivity index (χ4n) is 1.44. The Kier molecular flexibility index (Phi) is 6.29. The fraction of sp³-hybridized carbons (Fsp3) is 0.667. The molecular formula is C12H22N4S. The predicted molar refractivity (Wildman–Crippen MR) is 74.7 cm³/mol. The van der Waals surface area contributed by atoms with Crippen molar-refractivity contribution in [2.24, 2.45) is 0 Å². The summed E-state index contributed by atoms with van der Waals surface area (Å²) in [6.07, 6.45) is 4.80. The predicted octanol–water partition coefficient (Wildman–Crippen LogP) is 2.34. The third-order valence-electron chi connectivity index (χ3n) is 2.97. The molecule has 1 heterocycles. The van der Waals surface area contributed by atoms with Gasteiger partial charge < -0.3 is 10.2 Å². The molecule has 5 heteroatoms. The molecule has 0 saturated carbocycles. The standard InChI is InChI=1S/C12H22N4S/c1-5-10(2)16(3)7-6-13-11-8-12(17-4)15-9-14-11/h8-10H,5-7H2,1-4H3,(H,13,14,15). The topological polar surface area (TPSA) is 41.0 Å². The highest BCUT2D eigenvalue weighted by Gasteiger charge is 2.05. The van der Waals surface area contributed by atoms with Crippen LogP contribution in [0.2, 0.25) is 0 Å². The summed E-state index contributed by atoms with van der Waals surface area (Å²) in [5.74, 6) is 0.905. The van der Waals surface area contributed by atoms with Crippen molar-refractivity contribution in [2.45, 2.75) is 31.3 Å². The van der Waals surface area contributed by atoms with Crippen LogP contribution in [0.4, 0.5) is 5.82 Å². The molecule has 4 nitrogen and oxygen atoms in total. The molecule has 1 aromatic rings. The number of thioether (sulfide) groups is 1. The van der Waals surface area contributed by atoms with Crippen LogP contribution in [0.25, 0.3) is 0 Å². The van der Waals surface area contributed by atoms with E-state index in [-0.39, 0.29) is 0 Å². The summed E-state index contributed by atoms with van der Waals surface area (Å²) >= 11 is 1.63. The Morgan fingerprint density at radius 1 is 1.47 bits per heavy atom. The van der Waals surface area contributed by atoms with Crippen LogP contribution in [0.1, 0.15) is 20.3 Å². The highest BCUT2D eigenvalue weighted by Crippen LogP contribution is 2.13. The lowest BCUT2D eigenvalue weighted by Crippen LogP contribution is -2.32. The Morgan fingerprint density at radius 3 is 2.88 bits per heavy atom. The third kappa shape index (κ3) is 4.91. The van der Waals surface area contributed by atoms with Gasteiger partial charge >= 0.3 is 0 Å². The number of rotatable bonds is 7. The lowest BCUT2D eigenvalue weighted by Gasteiger charge is -2.23. The van der Waals surface area contributed by atoms with E-state index in [1.165, 1.54) is 6.42 Å². The summed E-state index contributed by atoms with van der Waals surface area (Å²) in [7, 11) is 2.16. The molecule has 0 aromatic carbocycles. The van der Waals surface area contributed by atoms with Crippen molar-refractivity contribution < 1.29 is 0 Å². The van der Waals surface area contributed by atoms with E-state index in [0.29, 0.717) is 6.04 Å². The van der Waals surface area contributed by atoms with Crippen LogP contribution in [-0.4, -0.2) is 47.3 Å². The molecule has 0 aliphatic carbocycles.